The summed E-state index contributed by atoms with van der Waals surface area (Å²) in [6, 6.07) is 24.0. The van der Waals surface area contributed by atoms with Crippen molar-refractivity contribution in [1.82, 2.24) is 10.9 Å². The van der Waals surface area contributed by atoms with E-state index in [0.717, 1.165) is 8.95 Å². The number of amides is 2. The Labute approximate surface area is 292 Å². The van der Waals surface area contributed by atoms with Crippen LogP contribution in [0.1, 0.15) is 31.8 Å². The average Bonchev–Trinajstić information content (AvgIpc) is 2.95. The van der Waals surface area contributed by atoms with E-state index in [0.29, 0.717) is 31.2 Å². The summed E-state index contributed by atoms with van der Waals surface area (Å²) in [5.41, 5.74) is 6.50. The Kier molecular flexibility index (Phi) is 16.9. The molecule has 0 spiro atoms. The zero-order valence-corrected chi connectivity index (χ0v) is 29.2. The number of halogens is 5. The van der Waals surface area contributed by atoms with E-state index in [9.17, 15) is 19.8 Å². The van der Waals surface area contributed by atoms with Gasteiger partial charge < -0.3 is 22.6 Å². The van der Waals surface area contributed by atoms with Gasteiger partial charge in [0.05, 0.1) is 12.4 Å². The van der Waals surface area contributed by atoms with E-state index in [1.54, 1.807) is 72.8 Å². The molecule has 0 aliphatic heterocycles. The smallest absolute Gasteiger partial charge is 1.00 e. The van der Waals surface area contributed by atoms with E-state index in [-0.39, 0.29) is 52.8 Å². The molecule has 0 saturated carbocycles. The number of rotatable bonds is 6. The molecule has 0 bridgehead atoms. The fourth-order valence-corrected chi connectivity index (χ4v) is 5.50. The van der Waals surface area contributed by atoms with Crippen molar-refractivity contribution in [3.05, 3.63) is 125 Å². The number of hydrogen-bond donors (Lipinski definition) is 2. The Balaban J connectivity index is 0.000000401. The van der Waals surface area contributed by atoms with Gasteiger partial charge in [0.2, 0.25) is 0 Å². The molecule has 2 N–H and O–H groups in total. The zero-order valence-electron chi connectivity index (χ0n) is 21.0. The molecule has 1 radical (unpaired) electrons. The second-order valence-corrected chi connectivity index (χ2v) is 11.3. The molecule has 0 fully saturated rings. The van der Waals surface area contributed by atoms with Crippen molar-refractivity contribution >= 4 is 88.0 Å². The first-order chi connectivity index (χ1) is 19.2. The van der Waals surface area contributed by atoms with Crippen LogP contribution in [-0.2, 0) is 17.1 Å². The number of hydrazone groups is 2. The summed E-state index contributed by atoms with van der Waals surface area (Å²) < 4.78 is 2.37. The van der Waals surface area contributed by atoms with E-state index in [2.05, 4.69) is 84.8 Å². The number of carbonyl (C=O) groups excluding carboxylic acids is 2. The van der Waals surface area contributed by atoms with Gasteiger partial charge in [0, 0.05) is 29.0 Å². The minimum Gasteiger partial charge on any atom is -1.00 e. The molecule has 8 nitrogen and oxygen atoms in total. The van der Waals surface area contributed by atoms with Crippen molar-refractivity contribution < 1.29 is 49.3 Å². The third kappa shape index (κ3) is 11.6. The predicted molar refractivity (Wildman–Crippen MR) is 166 cm³/mol. The molecule has 0 atom stereocenters. The van der Waals surface area contributed by atoms with Crippen LogP contribution >= 0.6 is 63.7 Å². The van der Waals surface area contributed by atoms with Crippen LogP contribution in [0.4, 0.5) is 0 Å². The third-order valence-corrected chi connectivity index (χ3v) is 6.98. The molecule has 0 aliphatic carbocycles. The van der Waals surface area contributed by atoms with E-state index in [4.69, 9.17) is 0 Å². The maximum atomic E-state index is 11.8. The third-order valence-electron chi connectivity index (χ3n) is 4.89. The minimum atomic E-state index is -0.330. The molecule has 2 amide bonds. The van der Waals surface area contributed by atoms with Gasteiger partial charge >= 0.3 is 17.1 Å². The summed E-state index contributed by atoms with van der Waals surface area (Å²) >= 11 is 12.9. The molecule has 217 valence electrons. The van der Waals surface area contributed by atoms with Gasteiger partial charge in [0.1, 0.15) is 0 Å². The minimum absolute atomic E-state index is 0. The van der Waals surface area contributed by atoms with Gasteiger partial charge in [0.15, 0.2) is 0 Å². The van der Waals surface area contributed by atoms with Crippen LogP contribution in [0.15, 0.2) is 113 Å². The molecule has 14 heteroatoms. The summed E-state index contributed by atoms with van der Waals surface area (Å²) in [6.07, 6.45) is 2.64. The van der Waals surface area contributed by atoms with Crippen molar-refractivity contribution in [2.45, 2.75) is 0 Å². The Bertz CT molecular complexity index is 1450. The molecule has 0 saturated heterocycles. The Morgan fingerprint density at radius 2 is 0.952 bits per heavy atom. The summed E-state index contributed by atoms with van der Waals surface area (Å²) in [5, 5.41) is 31.2. The standard InChI is InChI=1S/2C14H10Br2N2O2.ClH.Fe/c2*15-11-6-10(13(19)12(16)7-11)8-17-18-14(20)9-4-2-1-3-5-9;;/h2*1-8,19H,(H,18,20);1H;/q;;;+3/p-3/b2*17-8-;;. The van der Waals surface area contributed by atoms with E-state index in [1.807, 2.05) is 12.1 Å². The molecular formula is C28H18Br4ClFeN4O4. The van der Waals surface area contributed by atoms with Gasteiger partial charge in [0.25, 0.3) is 11.8 Å². The van der Waals surface area contributed by atoms with Gasteiger partial charge in [-0.05, 0) is 59.7 Å². The monoisotopic (exact) mass is 881 g/mol. The molecular weight excluding hydrogens is 867 g/mol. The second-order valence-electron chi connectivity index (χ2n) is 7.74. The van der Waals surface area contributed by atoms with Gasteiger partial charge in [-0.15, -0.1) is 0 Å². The normalized spacial score (nSPS) is 10.2. The van der Waals surface area contributed by atoms with Crippen molar-refractivity contribution in [2.24, 2.45) is 10.2 Å². The SMILES string of the molecule is O=C(N/N=C\c1cc(Br)cc(Br)c1[O-])c1ccccc1.O=C(N/N=C\c1cc(Br)cc(Br)c1[O-])c1ccccc1.[Cl-].[Fe+3]. The topological polar surface area (TPSA) is 129 Å². The van der Waals surface area contributed by atoms with Crippen LogP contribution in [0.2, 0.25) is 0 Å². The van der Waals surface area contributed by atoms with E-state index < -0.39 is 0 Å². The molecule has 4 rings (SSSR count). The fourth-order valence-electron chi connectivity index (χ4n) is 2.98. The average molecular weight is 885 g/mol. The molecule has 4 aromatic carbocycles. The summed E-state index contributed by atoms with van der Waals surface area (Å²) in [4.78, 5) is 23.5. The maximum Gasteiger partial charge on any atom is 3.00 e. The summed E-state index contributed by atoms with van der Waals surface area (Å²) in [6.45, 7) is 0. The predicted octanol–water partition coefficient (Wildman–Crippen LogP) is 3.10. The van der Waals surface area contributed by atoms with Crippen LogP contribution in [-0.4, -0.2) is 24.2 Å². The number of hydrogen-bond acceptors (Lipinski definition) is 6. The largest absolute Gasteiger partial charge is 3.00 e. The van der Waals surface area contributed by atoms with Gasteiger partial charge in [-0.2, -0.15) is 10.2 Å². The van der Waals surface area contributed by atoms with Gasteiger partial charge in [-0.3, -0.25) is 9.59 Å². The van der Waals surface area contributed by atoms with Gasteiger partial charge in [-0.25, -0.2) is 10.9 Å². The fraction of sp³-hybridized carbons (Fsp3) is 0. The zero-order chi connectivity index (χ0) is 29.1. The van der Waals surface area contributed by atoms with Crippen LogP contribution in [0, 0.1) is 0 Å². The van der Waals surface area contributed by atoms with E-state index >= 15 is 0 Å². The first-order valence-electron chi connectivity index (χ1n) is 11.2. The maximum absolute atomic E-state index is 11.8. The molecule has 0 unspecified atom stereocenters. The second kappa shape index (κ2) is 18.9. The number of nitrogens with one attached hydrogen (secondary N) is 2. The number of carbonyl (C=O) groups is 2. The van der Waals surface area contributed by atoms with Crippen molar-refractivity contribution in [2.75, 3.05) is 0 Å². The van der Waals surface area contributed by atoms with E-state index in [1.165, 1.54) is 12.4 Å². The summed E-state index contributed by atoms with van der Waals surface area (Å²) in [7, 11) is 0. The first-order valence-corrected chi connectivity index (χ1v) is 14.4. The molecule has 4 aromatic rings. The van der Waals surface area contributed by atoms with Crippen molar-refractivity contribution in [1.29, 1.82) is 0 Å². The van der Waals surface area contributed by atoms with Crippen molar-refractivity contribution in [3.63, 3.8) is 0 Å². The number of benzene rings is 4. The van der Waals surface area contributed by atoms with Gasteiger partial charge in [-0.1, -0.05) is 112 Å². The van der Waals surface area contributed by atoms with Crippen LogP contribution in [0.25, 0.3) is 0 Å². The molecule has 42 heavy (non-hydrogen) atoms. The van der Waals surface area contributed by atoms with Crippen LogP contribution in [0.5, 0.6) is 11.5 Å². The molecule has 0 heterocycles. The number of nitrogens with zero attached hydrogens (tertiary/aromatic N) is 2. The Morgan fingerprint density at radius 3 is 1.29 bits per heavy atom. The first kappa shape index (κ1) is 37.5. The Morgan fingerprint density at radius 1 is 0.619 bits per heavy atom. The summed E-state index contributed by atoms with van der Waals surface area (Å²) in [5.74, 6) is -1.04. The molecule has 0 aliphatic rings. The van der Waals surface area contributed by atoms with Crippen molar-refractivity contribution in [3.8, 4) is 11.5 Å². The van der Waals surface area contributed by atoms with Crippen LogP contribution < -0.4 is 33.5 Å². The Hall–Kier alpha value is -2.51. The molecule has 0 aromatic heterocycles. The van der Waals surface area contributed by atoms with Crippen LogP contribution in [0.3, 0.4) is 0 Å². The quantitative estimate of drug-likeness (QED) is 0.175.